The van der Waals surface area contributed by atoms with Crippen LogP contribution in [0.2, 0.25) is 0 Å². The molecule has 0 bridgehead atoms. The van der Waals surface area contributed by atoms with E-state index in [0.29, 0.717) is 5.41 Å². The minimum atomic E-state index is 0. The Kier molecular flexibility index (Phi) is 10.1. The Balaban J connectivity index is 0.00000280. The van der Waals surface area contributed by atoms with Crippen molar-refractivity contribution in [3.05, 3.63) is 24.2 Å². The van der Waals surface area contributed by atoms with Gasteiger partial charge in [-0.05, 0) is 76.6 Å². The number of likely N-dealkylation sites (tertiary alicyclic amines) is 1. The van der Waals surface area contributed by atoms with E-state index in [1.54, 1.807) is 6.26 Å². The molecule has 1 aliphatic carbocycles. The molecule has 28 heavy (non-hydrogen) atoms. The van der Waals surface area contributed by atoms with Crippen LogP contribution in [0.4, 0.5) is 0 Å². The van der Waals surface area contributed by atoms with Crippen LogP contribution in [-0.2, 0) is 4.74 Å². The number of guanidine groups is 1. The third-order valence-corrected chi connectivity index (χ3v) is 5.77. The lowest BCUT2D eigenvalue weighted by atomic mass is 10.0. The lowest BCUT2D eigenvalue weighted by Gasteiger charge is -2.27. The van der Waals surface area contributed by atoms with Crippen LogP contribution in [0, 0.1) is 5.41 Å². The molecule has 2 fully saturated rings. The summed E-state index contributed by atoms with van der Waals surface area (Å²) in [5.74, 6) is 1.95. The number of rotatable bonds is 11. The SMILES string of the molecule is CCNC(=NCC1(CCOCC)CC1)NCC(c1ccco1)N1CCCC1.I. The van der Waals surface area contributed by atoms with Gasteiger partial charge in [0.05, 0.1) is 12.3 Å². The highest BCUT2D eigenvalue weighted by Gasteiger charge is 2.42. The van der Waals surface area contributed by atoms with E-state index < -0.39 is 0 Å². The van der Waals surface area contributed by atoms with Crippen molar-refractivity contribution in [3.63, 3.8) is 0 Å². The Morgan fingerprint density at radius 2 is 2.07 bits per heavy atom. The van der Waals surface area contributed by atoms with Crippen LogP contribution in [0.5, 0.6) is 0 Å². The van der Waals surface area contributed by atoms with Crippen molar-refractivity contribution in [2.75, 3.05) is 45.9 Å². The summed E-state index contributed by atoms with van der Waals surface area (Å²) in [5, 5.41) is 6.96. The molecule has 1 unspecified atom stereocenters. The minimum Gasteiger partial charge on any atom is -0.468 e. The monoisotopic (exact) mass is 504 g/mol. The van der Waals surface area contributed by atoms with Gasteiger partial charge in [-0.25, -0.2) is 0 Å². The average Bonchev–Trinajstić information content (AvgIpc) is 3.09. The van der Waals surface area contributed by atoms with E-state index in [4.69, 9.17) is 14.1 Å². The number of nitrogens with one attached hydrogen (secondary N) is 2. The van der Waals surface area contributed by atoms with E-state index in [2.05, 4.69) is 35.4 Å². The molecule has 1 atom stereocenters. The van der Waals surface area contributed by atoms with Gasteiger partial charge in [0.25, 0.3) is 0 Å². The van der Waals surface area contributed by atoms with Crippen molar-refractivity contribution >= 4 is 29.9 Å². The maximum atomic E-state index is 5.72. The lowest BCUT2D eigenvalue weighted by Crippen LogP contribution is -2.43. The Morgan fingerprint density at radius 3 is 2.68 bits per heavy atom. The van der Waals surface area contributed by atoms with Crippen molar-refractivity contribution in [3.8, 4) is 0 Å². The number of ether oxygens (including phenoxy) is 1. The van der Waals surface area contributed by atoms with Crippen LogP contribution < -0.4 is 10.6 Å². The van der Waals surface area contributed by atoms with Crippen LogP contribution in [0.25, 0.3) is 0 Å². The highest BCUT2D eigenvalue weighted by atomic mass is 127. The number of halogens is 1. The molecule has 7 heteroatoms. The van der Waals surface area contributed by atoms with Gasteiger partial charge in [-0.1, -0.05) is 0 Å². The van der Waals surface area contributed by atoms with Gasteiger partial charge in [0.15, 0.2) is 5.96 Å². The van der Waals surface area contributed by atoms with Gasteiger partial charge in [-0.2, -0.15) is 0 Å². The van der Waals surface area contributed by atoms with Crippen molar-refractivity contribution in [1.82, 2.24) is 15.5 Å². The van der Waals surface area contributed by atoms with E-state index in [0.717, 1.165) is 64.1 Å². The second-order valence-electron chi connectivity index (χ2n) is 7.80. The molecule has 6 nitrogen and oxygen atoms in total. The second kappa shape index (κ2) is 12.0. The van der Waals surface area contributed by atoms with Gasteiger partial charge < -0.3 is 19.8 Å². The summed E-state index contributed by atoms with van der Waals surface area (Å²) in [6.07, 6.45) is 7.97. The van der Waals surface area contributed by atoms with Crippen LogP contribution in [0.3, 0.4) is 0 Å². The predicted molar refractivity (Wildman–Crippen MR) is 124 cm³/mol. The van der Waals surface area contributed by atoms with E-state index in [1.165, 1.54) is 25.7 Å². The topological polar surface area (TPSA) is 62.0 Å². The lowest BCUT2D eigenvalue weighted by molar-refractivity contribution is 0.129. The fraction of sp³-hybridized carbons (Fsp3) is 0.762. The molecular formula is C21H37IN4O2. The molecule has 160 valence electrons. The Morgan fingerprint density at radius 1 is 1.29 bits per heavy atom. The average molecular weight is 504 g/mol. The fourth-order valence-corrected chi connectivity index (χ4v) is 3.82. The molecule has 0 spiro atoms. The van der Waals surface area contributed by atoms with Gasteiger partial charge in [-0.3, -0.25) is 9.89 Å². The second-order valence-corrected chi connectivity index (χ2v) is 7.80. The molecule has 0 amide bonds. The van der Waals surface area contributed by atoms with Crippen molar-refractivity contribution in [1.29, 1.82) is 0 Å². The molecular weight excluding hydrogens is 467 g/mol. The normalized spacial score (nSPS) is 19.9. The first-order valence-corrected chi connectivity index (χ1v) is 10.6. The summed E-state index contributed by atoms with van der Waals surface area (Å²) < 4.78 is 11.3. The highest BCUT2D eigenvalue weighted by molar-refractivity contribution is 14.0. The summed E-state index contributed by atoms with van der Waals surface area (Å²) in [5.41, 5.74) is 0.368. The quantitative estimate of drug-likeness (QED) is 0.208. The first-order valence-electron chi connectivity index (χ1n) is 10.6. The van der Waals surface area contributed by atoms with E-state index in [9.17, 15) is 0 Å². The molecule has 2 aliphatic rings. The van der Waals surface area contributed by atoms with Crippen molar-refractivity contribution in [2.45, 2.75) is 52.0 Å². The number of hydrogen-bond acceptors (Lipinski definition) is 4. The molecule has 2 heterocycles. The summed E-state index contributed by atoms with van der Waals surface area (Å²) in [6.45, 7) is 10.7. The first-order chi connectivity index (χ1) is 13.3. The third-order valence-electron chi connectivity index (χ3n) is 5.77. The third kappa shape index (κ3) is 6.91. The summed E-state index contributed by atoms with van der Waals surface area (Å²) in [4.78, 5) is 7.41. The maximum absolute atomic E-state index is 5.72. The smallest absolute Gasteiger partial charge is 0.191 e. The van der Waals surface area contributed by atoms with Crippen LogP contribution >= 0.6 is 24.0 Å². The largest absolute Gasteiger partial charge is 0.468 e. The molecule has 1 aliphatic heterocycles. The van der Waals surface area contributed by atoms with Crippen molar-refractivity contribution < 1.29 is 9.15 Å². The highest BCUT2D eigenvalue weighted by Crippen LogP contribution is 2.49. The maximum Gasteiger partial charge on any atom is 0.191 e. The van der Waals surface area contributed by atoms with Crippen LogP contribution in [0.1, 0.15) is 57.8 Å². The van der Waals surface area contributed by atoms with Gasteiger partial charge in [0.1, 0.15) is 5.76 Å². The fourth-order valence-electron chi connectivity index (χ4n) is 3.82. The van der Waals surface area contributed by atoms with E-state index in [1.807, 2.05) is 6.07 Å². The van der Waals surface area contributed by atoms with Gasteiger partial charge >= 0.3 is 0 Å². The number of nitrogens with zero attached hydrogens (tertiary/aromatic N) is 2. The van der Waals surface area contributed by atoms with E-state index in [-0.39, 0.29) is 30.0 Å². The minimum absolute atomic E-state index is 0. The molecule has 3 rings (SSSR count). The van der Waals surface area contributed by atoms with E-state index >= 15 is 0 Å². The molecule has 0 aromatic carbocycles. The Labute approximate surface area is 186 Å². The van der Waals surface area contributed by atoms with Crippen LogP contribution in [-0.4, -0.2) is 56.8 Å². The zero-order valence-corrected chi connectivity index (χ0v) is 19.7. The van der Waals surface area contributed by atoms with Crippen LogP contribution in [0.15, 0.2) is 27.8 Å². The summed E-state index contributed by atoms with van der Waals surface area (Å²) in [6, 6.07) is 4.33. The molecule has 1 aromatic heterocycles. The molecule has 1 saturated carbocycles. The van der Waals surface area contributed by atoms with Gasteiger partial charge in [0.2, 0.25) is 0 Å². The molecule has 0 radical (unpaired) electrons. The zero-order chi connectivity index (χ0) is 19.0. The predicted octanol–water partition coefficient (Wildman–Crippen LogP) is 3.80. The summed E-state index contributed by atoms with van der Waals surface area (Å²) >= 11 is 0. The standard InChI is InChI=1S/C21H36N4O2.HI/c1-3-22-20(24-17-21(9-10-21)11-15-26-4-2)23-16-18(19-8-7-14-27-19)25-12-5-6-13-25;/h7-8,14,18H,3-6,9-13,15-17H2,1-2H3,(H2,22,23,24);1H. The number of aliphatic imine (C=N–C) groups is 1. The number of hydrogen-bond donors (Lipinski definition) is 2. The Bertz CT molecular complexity index is 569. The number of furan rings is 1. The Hall–Kier alpha value is -0.800. The van der Waals surface area contributed by atoms with Crippen molar-refractivity contribution in [2.24, 2.45) is 10.4 Å². The summed E-state index contributed by atoms with van der Waals surface area (Å²) in [7, 11) is 0. The first kappa shape index (κ1) is 23.5. The zero-order valence-electron chi connectivity index (χ0n) is 17.4. The molecule has 2 N–H and O–H groups in total. The molecule has 1 aromatic rings. The molecule has 1 saturated heterocycles. The van der Waals surface area contributed by atoms with Gasteiger partial charge in [0, 0.05) is 32.8 Å². The van der Waals surface area contributed by atoms with Gasteiger partial charge in [-0.15, -0.1) is 24.0 Å².